The van der Waals surface area contributed by atoms with E-state index in [1.807, 2.05) is 6.92 Å². The van der Waals surface area contributed by atoms with Gasteiger partial charge < -0.3 is 8.92 Å². The third-order valence-electron chi connectivity index (χ3n) is 5.53. The van der Waals surface area contributed by atoms with Gasteiger partial charge in [-0.15, -0.1) is 0 Å². The lowest BCUT2D eigenvalue weighted by atomic mass is 9.88. The maximum atomic E-state index is 11.4. The van der Waals surface area contributed by atoms with Crippen LogP contribution in [0.4, 0.5) is 0 Å². The number of aldehydes is 1. The molecule has 0 radical (unpaired) electrons. The van der Waals surface area contributed by atoms with Crippen molar-refractivity contribution in [3.05, 3.63) is 22.3 Å². The first-order chi connectivity index (χ1) is 10.8. The van der Waals surface area contributed by atoms with Gasteiger partial charge in [0.05, 0.1) is 0 Å². The quantitative estimate of drug-likeness (QED) is 0.714. The van der Waals surface area contributed by atoms with Gasteiger partial charge in [0, 0.05) is 10.3 Å². The van der Waals surface area contributed by atoms with E-state index in [9.17, 15) is 4.79 Å². The van der Waals surface area contributed by atoms with Gasteiger partial charge in [-0.1, -0.05) is 10.3 Å². The summed E-state index contributed by atoms with van der Waals surface area (Å²) in [7, 11) is -1.26. The van der Waals surface area contributed by atoms with Crippen LogP contribution < -0.4 is 8.92 Å². The third kappa shape index (κ3) is 3.17. The molecule has 0 unspecified atom stereocenters. The van der Waals surface area contributed by atoms with Crippen LogP contribution in [0.3, 0.4) is 0 Å². The summed E-state index contributed by atoms with van der Waals surface area (Å²) in [5, 5.41) is 0. The Bertz CT molecular complexity index is 671. The molecule has 2 rings (SSSR count). The lowest BCUT2D eigenvalue weighted by Gasteiger charge is -2.45. The van der Waals surface area contributed by atoms with E-state index in [4.69, 9.17) is 8.92 Å². The number of rotatable bonds is 3. The Kier molecular flexibility index (Phi) is 4.77. The summed E-state index contributed by atoms with van der Waals surface area (Å²) in [6.07, 6.45) is 6.93. The summed E-state index contributed by atoms with van der Waals surface area (Å²) in [4.78, 5) is 11.4. The van der Waals surface area contributed by atoms with Crippen LogP contribution in [0.1, 0.15) is 56.4 Å². The molecule has 1 aromatic carbocycles. The molecule has 0 aliphatic carbocycles. The smallest absolute Gasteiger partial charge is 0.163 e. The minimum absolute atomic E-state index is 0.0995. The fourth-order valence-corrected chi connectivity index (χ4v) is 3.71. The van der Waals surface area contributed by atoms with Gasteiger partial charge in [-0.2, -0.15) is 0 Å². The zero-order valence-corrected chi connectivity index (χ0v) is 17.4. The van der Waals surface area contributed by atoms with Gasteiger partial charge in [-0.25, -0.2) is 0 Å². The molecular weight excluding hydrogens is 320 g/mol. The molecule has 0 bridgehead atoms. The SMILES string of the molecule is Cc1c(C)c2c(c(C)c1OS(C)(C)C(C)(C)C)CC[C@@](C)(C=O)O2. The molecule has 0 fully saturated rings. The first-order valence-corrected chi connectivity index (χ1v) is 10.9. The zero-order chi connectivity index (χ0) is 18.5. The van der Waals surface area contributed by atoms with Crippen LogP contribution in [0.5, 0.6) is 11.5 Å². The third-order valence-corrected chi connectivity index (χ3v) is 9.07. The molecule has 1 aliphatic rings. The second kappa shape index (κ2) is 5.98. The number of carbonyl (C=O) groups is 1. The molecule has 3 nitrogen and oxygen atoms in total. The Morgan fingerprint density at radius 3 is 2.21 bits per heavy atom. The van der Waals surface area contributed by atoms with Crippen LogP contribution in [0.15, 0.2) is 0 Å². The Morgan fingerprint density at radius 1 is 1.12 bits per heavy atom. The van der Waals surface area contributed by atoms with Crippen molar-refractivity contribution >= 4 is 16.6 Å². The van der Waals surface area contributed by atoms with Crippen molar-refractivity contribution in [2.45, 2.75) is 71.7 Å². The summed E-state index contributed by atoms with van der Waals surface area (Å²) in [6, 6.07) is 0. The highest BCUT2D eigenvalue weighted by Gasteiger charge is 2.36. The summed E-state index contributed by atoms with van der Waals surface area (Å²) in [5.74, 6) is 1.88. The maximum absolute atomic E-state index is 11.4. The Hall–Kier alpha value is -1.16. The van der Waals surface area contributed by atoms with Crippen LogP contribution in [0.2, 0.25) is 0 Å². The van der Waals surface area contributed by atoms with Crippen LogP contribution >= 0.6 is 10.3 Å². The Balaban J connectivity index is 2.55. The highest BCUT2D eigenvalue weighted by Crippen LogP contribution is 2.56. The normalized spacial score (nSPS) is 21.7. The number of benzene rings is 1. The van der Waals surface area contributed by atoms with Gasteiger partial charge in [0.1, 0.15) is 11.5 Å². The van der Waals surface area contributed by atoms with Gasteiger partial charge in [0.25, 0.3) is 0 Å². The zero-order valence-electron chi connectivity index (χ0n) is 16.6. The summed E-state index contributed by atoms with van der Waals surface area (Å²) in [5.41, 5.74) is 3.84. The van der Waals surface area contributed by atoms with E-state index in [-0.39, 0.29) is 4.75 Å². The number of carbonyl (C=O) groups excluding carboxylic acids is 1. The van der Waals surface area contributed by atoms with Crippen molar-refractivity contribution in [2.24, 2.45) is 0 Å². The van der Waals surface area contributed by atoms with Crippen molar-refractivity contribution in [1.82, 2.24) is 0 Å². The Morgan fingerprint density at radius 2 is 1.71 bits per heavy atom. The van der Waals surface area contributed by atoms with Crippen molar-refractivity contribution in [3.8, 4) is 11.5 Å². The lowest BCUT2D eigenvalue weighted by molar-refractivity contribution is -0.121. The van der Waals surface area contributed by atoms with Gasteiger partial charge in [0.15, 0.2) is 11.9 Å². The molecule has 0 spiro atoms. The van der Waals surface area contributed by atoms with Crippen molar-refractivity contribution < 1.29 is 13.7 Å². The van der Waals surface area contributed by atoms with Crippen molar-refractivity contribution in [3.63, 3.8) is 0 Å². The number of hydrogen-bond acceptors (Lipinski definition) is 3. The molecule has 0 aromatic heterocycles. The molecule has 1 atom stereocenters. The van der Waals surface area contributed by atoms with Gasteiger partial charge in [0.2, 0.25) is 0 Å². The molecule has 1 heterocycles. The fraction of sp³-hybridized carbons (Fsp3) is 0.650. The molecule has 0 N–H and O–H groups in total. The molecule has 136 valence electrons. The highest BCUT2D eigenvalue weighted by atomic mass is 32.3. The fourth-order valence-electron chi connectivity index (χ4n) is 2.79. The second-order valence-corrected chi connectivity index (χ2v) is 12.3. The summed E-state index contributed by atoms with van der Waals surface area (Å²) < 4.78 is 12.8. The van der Waals surface area contributed by atoms with Gasteiger partial charge in [-0.05, 0) is 90.5 Å². The first-order valence-electron chi connectivity index (χ1n) is 8.53. The monoisotopic (exact) mass is 352 g/mol. The number of hydrogen-bond donors (Lipinski definition) is 0. The van der Waals surface area contributed by atoms with Gasteiger partial charge >= 0.3 is 0 Å². The van der Waals surface area contributed by atoms with Crippen LogP contribution in [-0.2, 0) is 11.2 Å². The summed E-state index contributed by atoms with van der Waals surface area (Å²) in [6.45, 7) is 14.8. The average Bonchev–Trinajstić information content (AvgIpc) is 2.48. The highest BCUT2D eigenvalue weighted by molar-refractivity contribution is 8.30. The molecular formula is C20H32O3S. The van der Waals surface area contributed by atoms with E-state index in [1.165, 1.54) is 5.56 Å². The molecule has 1 aromatic rings. The van der Waals surface area contributed by atoms with Crippen molar-refractivity contribution in [1.29, 1.82) is 0 Å². The van der Waals surface area contributed by atoms with E-state index in [0.29, 0.717) is 6.42 Å². The van der Waals surface area contributed by atoms with Crippen molar-refractivity contribution in [2.75, 3.05) is 12.5 Å². The molecule has 1 aliphatic heterocycles. The topological polar surface area (TPSA) is 35.5 Å². The molecule has 24 heavy (non-hydrogen) atoms. The molecule has 0 saturated heterocycles. The van der Waals surface area contributed by atoms with E-state index in [2.05, 4.69) is 54.1 Å². The molecule has 4 heteroatoms. The first kappa shape index (κ1) is 19.2. The second-order valence-electron chi connectivity index (χ2n) is 8.47. The van der Waals surface area contributed by atoms with E-state index in [0.717, 1.165) is 40.9 Å². The standard InChI is InChI=1S/C20H32O3S/c1-13-14(2)18-16(10-11-20(7,12-21)22-18)15(3)17(13)23-24(8,9)19(4,5)6/h12H,10-11H2,1-9H3/t20-/m0/s1. The Labute approximate surface area is 148 Å². The predicted octanol–water partition coefficient (Wildman–Crippen LogP) is 5.05. The largest absolute Gasteiger partial charge is 0.480 e. The molecule has 0 amide bonds. The number of ether oxygens (including phenoxy) is 1. The van der Waals surface area contributed by atoms with Gasteiger partial charge in [-0.3, -0.25) is 4.79 Å². The molecule has 0 saturated carbocycles. The lowest BCUT2D eigenvalue weighted by Crippen LogP contribution is -2.38. The minimum Gasteiger partial charge on any atom is -0.480 e. The van der Waals surface area contributed by atoms with E-state index in [1.54, 1.807) is 0 Å². The average molecular weight is 353 g/mol. The number of fused-ring (bicyclic) bond motifs is 1. The van der Waals surface area contributed by atoms with Crippen LogP contribution in [-0.4, -0.2) is 29.1 Å². The summed E-state index contributed by atoms with van der Waals surface area (Å²) >= 11 is 0. The maximum Gasteiger partial charge on any atom is 0.163 e. The van der Waals surface area contributed by atoms with Crippen LogP contribution in [0.25, 0.3) is 0 Å². The van der Waals surface area contributed by atoms with Crippen LogP contribution in [0, 0.1) is 20.8 Å². The van der Waals surface area contributed by atoms with E-state index >= 15 is 0 Å². The predicted molar refractivity (Wildman–Crippen MR) is 104 cm³/mol. The van der Waals surface area contributed by atoms with E-state index < -0.39 is 15.9 Å². The minimum atomic E-state index is -1.26.